The Morgan fingerprint density at radius 1 is 1.11 bits per heavy atom. The van der Waals surface area contributed by atoms with Crippen molar-refractivity contribution in [1.82, 2.24) is 10.6 Å². The molecule has 0 radical (unpaired) electrons. The van der Waals surface area contributed by atoms with Gasteiger partial charge in [0.2, 0.25) is 0 Å². The van der Waals surface area contributed by atoms with Crippen molar-refractivity contribution in [1.29, 1.82) is 0 Å². The molecule has 1 rings (SSSR count). The molecule has 1 atom stereocenters. The maximum atomic E-state index is 11.7. The first kappa shape index (κ1) is 15.8. The molecule has 6 nitrogen and oxygen atoms in total. The second-order valence-electron chi connectivity index (χ2n) is 5.06. The number of carboxylic acids is 1. The number of carbonyl (C=O) groups excluding carboxylic acids is 1. The molecule has 0 aromatic rings. The third-order valence-electron chi connectivity index (χ3n) is 3.46. The number of rotatable bonds is 5. The standard InChI is InChI=1S/C13H24N2O4/c16-9-8-11(12(17)18)15-13(19)14-10-6-4-2-1-3-5-7-10/h10-11,16H,1-9H2,(H,17,18)(H2,14,15,19)/t11-/m1/s1. The molecule has 1 aliphatic carbocycles. The highest BCUT2D eigenvalue weighted by atomic mass is 16.4. The lowest BCUT2D eigenvalue weighted by Gasteiger charge is -2.22. The van der Waals surface area contributed by atoms with Crippen molar-refractivity contribution in [3.63, 3.8) is 0 Å². The van der Waals surface area contributed by atoms with E-state index in [1.807, 2.05) is 0 Å². The molecule has 0 aromatic carbocycles. The van der Waals surface area contributed by atoms with Gasteiger partial charge in [0.25, 0.3) is 0 Å². The molecule has 0 spiro atoms. The van der Waals surface area contributed by atoms with Crippen molar-refractivity contribution < 1.29 is 19.8 Å². The molecular formula is C13H24N2O4. The number of hydrogen-bond donors (Lipinski definition) is 4. The molecule has 1 fully saturated rings. The van der Waals surface area contributed by atoms with Crippen LogP contribution in [0.3, 0.4) is 0 Å². The van der Waals surface area contributed by atoms with Gasteiger partial charge in [-0.25, -0.2) is 9.59 Å². The van der Waals surface area contributed by atoms with Gasteiger partial charge in [0.15, 0.2) is 0 Å². The summed E-state index contributed by atoms with van der Waals surface area (Å²) in [7, 11) is 0. The minimum Gasteiger partial charge on any atom is -0.480 e. The van der Waals surface area contributed by atoms with E-state index < -0.39 is 18.0 Å². The molecular weight excluding hydrogens is 248 g/mol. The molecule has 1 aliphatic rings. The summed E-state index contributed by atoms with van der Waals surface area (Å²) in [5.74, 6) is -1.12. The number of nitrogens with one attached hydrogen (secondary N) is 2. The molecule has 2 amide bonds. The van der Waals surface area contributed by atoms with Gasteiger partial charge >= 0.3 is 12.0 Å². The molecule has 0 aliphatic heterocycles. The van der Waals surface area contributed by atoms with E-state index >= 15 is 0 Å². The number of carbonyl (C=O) groups is 2. The maximum Gasteiger partial charge on any atom is 0.326 e. The topological polar surface area (TPSA) is 98.7 Å². The Balaban J connectivity index is 2.37. The van der Waals surface area contributed by atoms with Gasteiger partial charge in [0.05, 0.1) is 0 Å². The van der Waals surface area contributed by atoms with Gasteiger partial charge in [0, 0.05) is 19.1 Å². The van der Waals surface area contributed by atoms with Gasteiger partial charge < -0.3 is 20.8 Å². The fraction of sp³-hybridized carbons (Fsp3) is 0.846. The summed E-state index contributed by atoms with van der Waals surface area (Å²) in [6.45, 7) is -0.263. The van der Waals surface area contributed by atoms with Crippen molar-refractivity contribution in [2.75, 3.05) is 6.61 Å². The van der Waals surface area contributed by atoms with Crippen LogP contribution in [0.5, 0.6) is 0 Å². The number of aliphatic hydroxyl groups is 1. The first-order valence-corrected chi connectivity index (χ1v) is 7.04. The highest BCUT2D eigenvalue weighted by molar-refractivity contribution is 5.82. The Morgan fingerprint density at radius 3 is 2.21 bits per heavy atom. The van der Waals surface area contributed by atoms with Crippen LogP contribution in [-0.2, 0) is 4.79 Å². The van der Waals surface area contributed by atoms with Crippen LogP contribution in [0, 0.1) is 0 Å². The lowest BCUT2D eigenvalue weighted by Crippen LogP contribution is -2.49. The zero-order valence-corrected chi connectivity index (χ0v) is 11.2. The third-order valence-corrected chi connectivity index (χ3v) is 3.46. The predicted octanol–water partition coefficient (Wildman–Crippen LogP) is 1.23. The number of carboxylic acid groups (broad SMARTS) is 1. The number of amides is 2. The van der Waals surface area contributed by atoms with E-state index in [0.717, 1.165) is 25.7 Å². The summed E-state index contributed by atoms with van der Waals surface area (Å²) >= 11 is 0. The summed E-state index contributed by atoms with van der Waals surface area (Å²) in [6, 6.07) is -1.35. The van der Waals surface area contributed by atoms with Gasteiger partial charge in [-0.3, -0.25) is 0 Å². The van der Waals surface area contributed by atoms with Crippen LogP contribution in [0.4, 0.5) is 4.79 Å². The zero-order valence-electron chi connectivity index (χ0n) is 11.2. The molecule has 4 N–H and O–H groups in total. The molecule has 0 heterocycles. The molecule has 110 valence electrons. The van der Waals surface area contributed by atoms with Crippen molar-refractivity contribution in [2.45, 2.75) is 63.5 Å². The molecule has 19 heavy (non-hydrogen) atoms. The van der Waals surface area contributed by atoms with Crippen LogP contribution in [-0.4, -0.2) is 40.9 Å². The highest BCUT2D eigenvalue weighted by Crippen LogP contribution is 2.16. The summed E-state index contributed by atoms with van der Waals surface area (Å²) in [5.41, 5.74) is 0. The monoisotopic (exact) mass is 272 g/mol. The second-order valence-corrected chi connectivity index (χ2v) is 5.06. The molecule has 0 aromatic heterocycles. The van der Waals surface area contributed by atoms with E-state index in [4.69, 9.17) is 10.2 Å². The van der Waals surface area contributed by atoms with Gasteiger partial charge in [-0.15, -0.1) is 0 Å². The van der Waals surface area contributed by atoms with Gasteiger partial charge in [-0.1, -0.05) is 32.1 Å². The predicted molar refractivity (Wildman–Crippen MR) is 70.9 cm³/mol. The number of urea groups is 1. The van der Waals surface area contributed by atoms with Crippen LogP contribution < -0.4 is 10.6 Å². The SMILES string of the molecule is O=C(NC1CCCCCCC1)N[C@H](CCO)C(=O)O. The largest absolute Gasteiger partial charge is 0.480 e. The van der Waals surface area contributed by atoms with Crippen molar-refractivity contribution in [3.8, 4) is 0 Å². The van der Waals surface area contributed by atoms with Gasteiger partial charge in [0.1, 0.15) is 6.04 Å². The summed E-state index contributed by atoms with van der Waals surface area (Å²) in [6.07, 6.45) is 7.78. The molecule has 0 bridgehead atoms. The van der Waals surface area contributed by atoms with Crippen LogP contribution in [0.2, 0.25) is 0 Å². The smallest absolute Gasteiger partial charge is 0.326 e. The van der Waals surface area contributed by atoms with Crippen LogP contribution in [0.15, 0.2) is 0 Å². The lowest BCUT2D eigenvalue weighted by atomic mass is 9.97. The highest BCUT2D eigenvalue weighted by Gasteiger charge is 2.21. The minimum atomic E-state index is -1.12. The minimum absolute atomic E-state index is 0.0213. The van der Waals surface area contributed by atoms with Gasteiger partial charge in [-0.05, 0) is 12.8 Å². The fourth-order valence-electron chi connectivity index (χ4n) is 2.37. The quantitative estimate of drug-likeness (QED) is 0.605. The van der Waals surface area contributed by atoms with Crippen LogP contribution >= 0.6 is 0 Å². The van der Waals surface area contributed by atoms with E-state index in [2.05, 4.69) is 10.6 Å². The number of hydrogen-bond acceptors (Lipinski definition) is 3. The van der Waals surface area contributed by atoms with Crippen LogP contribution in [0.1, 0.15) is 51.4 Å². The Kier molecular flexibility index (Phi) is 7.25. The van der Waals surface area contributed by atoms with Gasteiger partial charge in [-0.2, -0.15) is 0 Å². The van der Waals surface area contributed by atoms with E-state index in [0.29, 0.717) is 0 Å². The first-order valence-electron chi connectivity index (χ1n) is 7.04. The summed E-state index contributed by atoms with van der Waals surface area (Å²) in [5, 5.41) is 22.9. The molecule has 1 saturated carbocycles. The van der Waals surface area contributed by atoms with Crippen LogP contribution in [0.25, 0.3) is 0 Å². The summed E-state index contributed by atoms with van der Waals surface area (Å²) in [4.78, 5) is 22.6. The van der Waals surface area contributed by atoms with Crippen molar-refractivity contribution in [2.24, 2.45) is 0 Å². The average Bonchev–Trinajstić information content (AvgIpc) is 2.31. The Morgan fingerprint density at radius 2 is 1.68 bits per heavy atom. The second kappa shape index (κ2) is 8.74. The Labute approximate surface area is 113 Å². The zero-order chi connectivity index (χ0) is 14.1. The average molecular weight is 272 g/mol. The molecule has 0 unspecified atom stereocenters. The van der Waals surface area contributed by atoms with Crippen molar-refractivity contribution >= 4 is 12.0 Å². The Hall–Kier alpha value is -1.30. The fourth-order valence-corrected chi connectivity index (χ4v) is 2.37. The Bertz CT molecular complexity index is 288. The van der Waals surface area contributed by atoms with E-state index in [9.17, 15) is 9.59 Å². The van der Waals surface area contributed by atoms with E-state index in [1.54, 1.807) is 0 Å². The van der Waals surface area contributed by atoms with E-state index in [-0.39, 0.29) is 19.1 Å². The third kappa shape index (κ3) is 6.42. The number of aliphatic hydroxyl groups excluding tert-OH is 1. The lowest BCUT2D eigenvalue weighted by molar-refractivity contribution is -0.139. The molecule has 6 heteroatoms. The first-order chi connectivity index (χ1) is 9.13. The summed E-state index contributed by atoms with van der Waals surface area (Å²) < 4.78 is 0. The normalized spacial score (nSPS) is 19.0. The van der Waals surface area contributed by atoms with E-state index in [1.165, 1.54) is 19.3 Å². The molecule has 0 saturated heterocycles. The van der Waals surface area contributed by atoms with Crippen molar-refractivity contribution in [3.05, 3.63) is 0 Å². The maximum absolute atomic E-state index is 11.7. The number of aliphatic carboxylic acids is 1.